The molecule has 19 heteroatoms. The van der Waals surface area contributed by atoms with Crippen molar-refractivity contribution in [2.75, 3.05) is 12.3 Å². The highest BCUT2D eigenvalue weighted by Crippen LogP contribution is 2.66. The molecule has 0 bridgehead atoms. The van der Waals surface area contributed by atoms with Gasteiger partial charge in [0.1, 0.15) is 18.1 Å². The van der Waals surface area contributed by atoms with Gasteiger partial charge in [0.25, 0.3) is 0 Å². The van der Waals surface area contributed by atoms with Crippen LogP contribution in [0.3, 0.4) is 0 Å². The molecule has 1 aliphatic rings. The summed E-state index contributed by atoms with van der Waals surface area (Å²) in [7, 11) is -16.6. The largest absolute Gasteiger partial charge is 0.490 e. The number of nitrogens with zero attached hydrogens (tertiary/aromatic N) is 2. The number of nitrogens with two attached hydrogens (primary N) is 1. The number of hydrogen-bond acceptors (Lipinski definition) is 11. The van der Waals surface area contributed by atoms with E-state index in [-0.39, 0.29) is 5.82 Å². The van der Waals surface area contributed by atoms with Gasteiger partial charge in [0.2, 0.25) is 0 Å². The smallest absolute Gasteiger partial charge is 0.390 e. The highest BCUT2D eigenvalue weighted by atomic mass is 31.3. The molecule has 0 radical (unpaired) electrons. The van der Waals surface area contributed by atoms with Crippen LogP contribution in [0.4, 0.5) is 5.82 Å². The van der Waals surface area contributed by atoms with Crippen molar-refractivity contribution in [2.24, 2.45) is 5.92 Å². The second-order valence-corrected chi connectivity index (χ2v) is 10.3. The summed E-state index contributed by atoms with van der Waals surface area (Å²) in [5, 5.41) is 10.2. The lowest BCUT2D eigenvalue weighted by molar-refractivity contribution is -0.0467. The van der Waals surface area contributed by atoms with Gasteiger partial charge in [-0.1, -0.05) is 6.92 Å². The van der Waals surface area contributed by atoms with Crippen LogP contribution in [0.2, 0.25) is 0 Å². The monoisotopic (exact) mass is 481 g/mol. The van der Waals surface area contributed by atoms with Crippen molar-refractivity contribution in [3.63, 3.8) is 0 Å². The van der Waals surface area contributed by atoms with Crippen LogP contribution in [0.1, 0.15) is 13.2 Å². The predicted molar refractivity (Wildman–Crippen MR) is 91.8 cm³/mol. The summed E-state index contributed by atoms with van der Waals surface area (Å²) in [6, 6.07) is 1.31. The van der Waals surface area contributed by atoms with Gasteiger partial charge in [-0.3, -0.25) is 9.09 Å². The first kappa shape index (κ1) is 24.3. The van der Waals surface area contributed by atoms with Gasteiger partial charge in [-0.2, -0.15) is 13.6 Å². The van der Waals surface area contributed by atoms with Crippen molar-refractivity contribution in [1.29, 1.82) is 0 Å². The van der Waals surface area contributed by atoms with Gasteiger partial charge in [-0.15, -0.1) is 0 Å². The van der Waals surface area contributed by atoms with Crippen molar-refractivity contribution in [3.05, 3.63) is 22.7 Å². The van der Waals surface area contributed by atoms with Crippen molar-refractivity contribution in [3.8, 4) is 0 Å². The minimum Gasteiger partial charge on any atom is -0.390 e. The Balaban J connectivity index is 2.05. The summed E-state index contributed by atoms with van der Waals surface area (Å²) in [6.45, 7) is 0.645. The van der Waals surface area contributed by atoms with Crippen LogP contribution < -0.4 is 11.4 Å². The topological polar surface area (TPSA) is 250 Å². The molecule has 1 fully saturated rings. The zero-order valence-corrected chi connectivity index (χ0v) is 17.2. The Morgan fingerprint density at radius 3 is 2.38 bits per heavy atom. The summed E-state index contributed by atoms with van der Waals surface area (Å²) < 4.78 is 51.6. The molecule has 29 heavy (non-hydrogen) atoms. The molecule has 2 heterocycles. The second-order valence-electron chi connectivity index (χ2n) is 5.84. The lowest BCUT2D eigenvalue weighted by Crippen LogP contribution is -2.31. The second kappa shape index (κ2) is 8.63. The molecule has 16 nitrogen and oxygen atoms in total. The summed E-state index contributed by atoms with van der Waals surface area (Å²) in [5.74, 6) is -0.755. The molecule has 2 rings (SSSR count). The molecule has 6 unspecified atom stereocenters. The van der Waals surface area contributed by atoms with Gasteiger partial charge >= 0.3 is 29.2 Å². The van der Waals surface area contributed by atoms with Crippen molar-refractivity contribution in [2.45, 2.75) is 25.4 Å². The van der Waals surface area contributed by atoms with E-state index in [9.17, 15) is 28.5 Å². The summed E-state index contributed by atoms with van der Waals surface area (Å²) in [4.78, 5) is 50.9. The number of hydrogen-bond donors (Lipinski definition) is 6. The quantitative estimate of drug-likeness (QED) is 0.245. The molecule has 166 valence electrons. The number of rotatable bonds is 8. The van der Waals surface area contributed by atoms with E-state index in [2.05, 4.69) is 18.1 Å². The van der Waals surface area contributed by atoms with E-state index in [1.54, 1.807) is 0 Å². The number of nitrogen functional groups attached to an aromatic ring is 1. The van der Waals surface area contributed by atoms with Crippen molar-refractivity contribution >= 4 is 29.3 Å². The molecule has 1 aromatic rings. The third kappa shape index (κ3) is 6.76. The molecule has 0 aliphatic carbocycles. The lowest BCUT2D eigenvalue weighted by atomic mass is 10.0. The van der Waals surface area contributed by atoms with Crippen LogP contribution in [0, 0.1) is 5.92 Å². The number of phosphoric ester groups is 1. The number of phosphoric acid groups is 3. The molecule has 7 N–H and O–H groups in total. The zero-order chi connectivity index (χ0) is 22.2. The van der Waals surface area contributed by atoms with E-state index in [0.29, 0.717) is 0 Å². The molecular weight excluding hydrogens is 463 g/mol. The Kier molecular flexibility index (Phi) is 7.23. The first-order chi connectivity index (χ1) is 13.1. The third-order valence-electron chi connectivity index (χ3n) is 3.63. The Morgan fingerprint density at radius 1 is 1.21 bits per heavy atom. The van der Waals surface area contributed by atoms with Crippen molar-refractivity contribution in [1.82, 2.24) is 9.55 Å². The van der Waals surface area contributed by atoms with Crippen LogP contribution in [-0.2, 0) is 31.6 Å². The average Bonchev–Trinajstić information content (AvgIpc) is 2.78. The van der Waals surface area contributed by atoms with Crippen LogP contribution in [-0.4, -0.2) is 53.0 Å². The number of anilines is 1. The molecule has 6 atom stereocenters. The normalized spacial score (nSPS) is 29.3. The van der Waals surface area contributed by atoms with E-state index >= 15 is 0 Å². The van der Waals surface area contributed by atoms with Crippen LogP contribution >= 0.6 is 23.5 Å². The first-order valence-electron chi connectivity index (χ1n) is 7.57. The van der Waals surface area contributed by atoms with E-state index in [1.165, 1.54) is 19.2 Å². The molecule has 0 saturated carbocycles. The zero-order valence-electron chi connectivity index (χ0n) is 14.5. The van der Waals surface area contributed by atoms with Crippen molar-refractivity contribution < 1.29 is 56.3 Å². The van der Waals surface area contributed by atoms with Crippen LogP contribution in [0.15, 0.2) is 17.1 Å². The van der Waals surface area contributed by atoms with Gasteiger partial charge < -0.3 is 35.2 Å². The fourth-order valence-corrected chi connectivity index (χ4v) is 5.47. The number of aliphatic hydroxyl groups excluding tert-OH is 1. The van der Waals surface area contributed by atoms with Gasteiger partial charge in [-0.05, 0) is 6.07 Å². The van der Waals surface area contributed by atoms with E-state index < -0.39 is 60.1 Å². The summed E-state index contributed by atoms with van der Waals surface area (Å²) >= 11 is 0. The standard InChI is InChI=1S/C10H18N3O13P3/c1-5-8(14)6(24-9(5)13-3-2-7(11)12-10(13)15)4-23-28(19,20)26-29(21,22)25-27(16,17)18/h2-3,5-6,8-9,14H,4H2,1H3,(H,19,20)(H,21,22)(H2,11,12,15)(H2,16,17,18). The Bertz CT molecular complexity index is 946. The minimum atomic E-state index is -5.67. The van der Waals surface area contributed by atoms with E-state index in [4.69, 9.17) is 25.2 Å². The maximum atomic E-state index is 11.9. The molecule has 1 saturated heterocycles. The molecule has 1 aliphatic heterocycles. The molecule has 0 amide bonds. The number of aliphatic hydroxyl groups is 1. The molecule has 1 aromatic heterocycles. The summed E-state index contributed by atoms with van der Waals surface area (Å²) in [5.41, 5.74) is 4.61. The fourth-order valence-electron chi connectivity index (χ4n) is 2.44. The highest BCUT2D eigenvalue weighted by Gasteiger charge is 2.45. The Hall–Kier alpha value is -0.990. The number of ether oxygens (including phenoxy) is 1. The fraction of sp³-hybridized carbons (Fsp3) is 0.600. The Morgan fingerprint density at radius 2 is 1.83 bits per heavy atom. The molecule has 0 spiro atoms. The SMILES string of the molecule is CC1C(O)C(COP(=O)(O)OP(=O)(O)OP(=O)(O)O)OC1n1ccc(N)nc1=O. The highest BCUT2D eigenvalue weighted by molar-refractivity contribution is 7.66. The van der Waals surface area contributed by atoms with Gasteiger partial charge in [0, 0.05) is 12.1 Å². The lowest BCUT2D eigenvalue weighted by Gasteiger charge is -2.19. The van der Waals surface area contributed by atoms with E-state index in [1.807, 2.05) is 0 Å². The first-order valence-corrected chi connectivity index (χ1v) is 12.1. The van der Waals surface area contributed by atoms with Gasteiger partial charge in [0.05, 0.1) is 12.7 Å². The maximum Gasteiger partial charge on any atom is 0.490 e. The van der Waals surface area contributed by atoms with Gasteiger partial charge in [0.15, 0.2) is 0 Å². The predicted octanol–water partition coefficient (Wildman–Crippen LogP) is -0.937. The summed E-state index contributed by atoms with van der Waals surface area (Å²) in [6.07, 6.45) is -2.37. The van der Waals surface area contributed by atoms with Crippen LogP contribution in [0.25, 0.3) is 0 Å². The number of aromatic nitrogens is 2. The van der Waals surface area contributed by atoms with Crippen LogP contribution in [0.5, 0.6) is 0 Å². The molecule has 0 aromatic carbocycles. The third-order valence-corrected chi connectivity index (χ3v) is 7.43. The average molecular weight is 481 g/mol. The maximum absolute atomic E-state index is 11.9. The van der Waals surface area contributed by atoms with Gasteiger partial charge in [-0.25, -0.2) is 18.5 Å². The minimum absolute atomic E-state index is 0.0401. The molecular formula is C10H18N3O13P3. The van der Waals surface area contributed by atoms with E-state index in [0.717, 1.165) is 4.57 Å². The Labute approximate surface area is 162 Å².